The summed E-state index contributed by atoms with van der Waals surface area (Å²) in [6, 6.07) is 9.85. The lowest BCUT2D eigenvalue weighted by Crippen LogP contribution is -2.42. The first kappa shape index (κ1) is 18.0. The molecule has 6 heteroatoms. The van der Waals surface area contributed by atoms with Gasteiger partial charge in [-0.2, -0.15) is 0 Å². The lowest BCUT2D eigenvalue weighted by atomic mass is 9.93. The van der Waals surface area contributed by atoms with E-state index < -0.39 is 0 Å². The molecule has 27 heavy (non-hydrogen) atoms. The highest BCUT2D eigenvalue weighted by Crippen LogP contribution is 2.31. The molecule has 0 spiro atoms. The number of thiophene rings is 1. The predicted molar refractivity (Wildman–Crippen MR) is 106 cm³/mol. The van der Waals surface area contributed by atoms with Crippen molar-refractivity contribution in [2.75, 3.05) is 11.9 Å². The van der Waals surface area contributed by atoms with Crippen LogP contribution in [0.1, 0.15) is 42.5 Å². The molecule has 1 N–H and O–H groups in total. The third kappa shape index (κ3) is 4.33. The molecule has 1 saturated carbocycles. The number of carbonyl (C=O) groups excluding carboxylic acids is 2. The van der Waals surface area contributed by atoms with E-state index >= 15 is 0 Å². The summed E-state index contributed by atoms with van der Waals surface area (Å²) in [5.41, 5.74) is 1.71. The maximum atomic E-state index is 12.6. The molecule has 142 valence electrons. The molecule has 4 rings (SSSR count). The van der Waals surface area contributed by atoms with E-state index in [2.05, 4.69) is 5.32 Å². The number of hydrogen-bond acceptors (Lipinski definition) is 4. The van der Waals surface area contributed by atoms with Gasteiger partial charge in [0.05, 0.1) is 6.42 Å². The fourth-order valence-electron chi connectivity index (χ4n) is 3.92. The molecule has 0 unspecified atom stereocenters. The van der Waals surface area contributed by atoms with Crippen LogP contribution in [0.2, 0.25) is 0 Å². The number of fused-ring (bicyclic) bond motifs is 1. The fraction of sp³-hybridized carbons (Fsp3) is 0.429. The lowest BCUT2D eigenvalue weighted by Gasteiger charge is -2.33. The molecule has 1 aromatic heterocycles. The summed E-state index contributed by atoms with van der Waals surface area (Å²) in [6.07, 6.45) is 6.13. The van der Waals surface area contributed by atoms with Gasteiger partial charge >= 0.3 is 0 Å². The summed E-state index contributed by atoms with van der Waals surface area (Å²) in [4.78, 5) is 27.8. The van der Waals surface area contributed by atoms with Gasteiger partial charge in [-0.1, -0.05) is 25.3 Å². The maximum Gasteiger partial charge on any atom is 0.261 e. The Labute approximate surface area is 163 Å². The third-order valence-corrected chi connectivity index (χ3v) is 6.16. The molecule has 1 aliphatic carbocycles. The van der Waals surface area contributed by atoms with Crippen molar-refractivity contribution in [2.24, 2.45) is 0 Å². The van der Waals surface area contributed by atoms with Gasteiger partial charge in [0, 0.05) is 28.7 Å². The highest BCUT2D eigenvalue weighted by Gasteiger charge is 2.29. The summed E-state index contributed by atoms with van der Waals surface area (Å²) < 4.78 is 5.72. The summed E-state index contributed by atoms with van der Waals surface area (Å²) in [7, 11) is 0. The standard InChI is InChI=1S/C21H24N2O3S/c24-20(12-18-7-4-10-27-18)22-16-8-9-19-15(11-16)13-23(21(25)14-26-19)17-5-2-1-3-6-17/h4,7-11,17H,1-3,5-6,12-14H2,(H,22,24). The van der Waals surface area contributed by atoms with Gasteiger partial charge in [-0.15, -0.1) is 11.3 Å². The average Bonchev–Trinajstić information content (AvgIpc) is 3.12. The smallest absolute Gasteiger partial charge is 0.261 e. The van der Waals surface area contributed by atoms with Crippen LogP contribution < -0.4 is 10.1 Å². The summed E-state index contributed by atoms with van der Waals surface area (Å²) in [5.74, 6) is 0.756. The summed E-state index contributed by atoms with van der Waals surface area (Å²) >= 11 is 1.58. The number of rotatable bonds is 4. The first-order valence-corrected chi connectivity index (χ1v) is 10.4. The molecular formula is C21H24N2O3S. The molecule has 2 heterocycles. The lowest BCUT2D eigenvalue weighted by molar-refractivity contribution is -0.136. The SMILES string of the molecule is O=C(Cc1cccs1)Nc1ccc2c(c1)CN(C1CCCCC1)C(=O)CO2. The van der Waals surface area contributed by atoms with Crippen molar-refractivity contribution in [1.82, 2.24) is 4.90 Å². The van der Waals surface area contributed by atoms with Gasteiger partial charge in [0.15, 0.2) is 6.61 Å². The molecular weight excluding hydrogens is 360 g/mol. The van der Waals surface area contributed by atoms with E-state index in [0.29, 0.717) is 19.0 Å². The Hall–Kier alpha value is -2.34. The van der Waals surface area contributed by atoms with E-state index in [1.807, 2.05) is 40.6 Å². The zero-order valence-corrected chi connectivity index (χ0v) is 16.1. The monoisotopic (exact) mass is 384 g/mol. The summed E-state index contributed by atoms with van der Waals surface area (Å²) in [6.45, 7) is 0.640. The van der Waals surface area contributed by atoms with Crippen LogP contribution in [0, 0.1) is 0 Å². The molecule has 0 bridgehead atoms. The number of ether oxygens (including phenoxy) is 1. The fourth-order valence-corrected chi connectivity index (χ4v) is 4.62. The minimum atomic E-state index is -0.0350. The van der Waals surface area contributed by atoms with Gasteiger partial charge in [0.1, 0.15) is 5.75 Å². The Morgan fingerprint density at radius 3 is 2.85 bits per heavy atom. The minimum Gasteiger partial charge on any atom is -0.483 e. The topological polar surface area (TPSA) is 58.6 Å². The van der Waals surface area contributed by atoms with Crippen molar-refractivity contribution in [1.29, 1.82) is 0 Å². The number of hydrogen-bond donors (Lipinski definition) is 1. The van der Waals surface area contributed by atoms with Gasteiger partial charge in [-0.25, -0.2) is 0 Å². The molecule has 1 fully saturated rings. The zero-order chi connectivity index (χ0) is 18.6. The van der Waals surface area contributed by atoms with Gasteiger partial charge in [0.25, 0.3) is 5.91 Å². The summed E-state index contributed by atoms with van der Waals surface area (Å²) in [5, 5.41) is 4.94. The molecule has 0 radical (unpaired) electrons. The first-order chi connectivity index (χ1) is 13.2. The Kier molecular flexibility index (Phi) is 5.43. The van der Waals surface area contributed by atoms with Crippen LogP contribution >= 0.6 is 11.3 Å². The Balaban J connectivity index is 1.48. The highest BCUT2D eigenvalue weighted by atomic mass is 32.1. The van der Waals surface area contributed by atoms with Gasteiger partial charge < -0.3 is 15.0 Å². The second-order valence-electron chi connectivity index (χ2n) is 7.23. The van der Waals surface area contributed by atoms with E-state index in [9.17, 15) is 9.59 Å². The second-order valence-corrected chi connectivity index (χ2v) is 8.26. The maximum absolute atomic E-state index is 12.6. The van der Waals surface area contributed by atoms with Crippen LogP contribution in [0.4, 0.5) is 5.69 Å². The van der Waals surface area contributed by atoms with Crippen molar-refractivity contribution in [2.45, 2.75) is 51.1 Å². The van der Waals surface area contributed by atoms with Crippen LogP contribution in [-0.2, 0) is 22.6 Å². The number of anilines is 1. The molecule has 0 atom stereocenters. The van der Waals surface area contributed by atoms with Crippen LogP contribution in [0.3, 0.4) is 0 Å². The molecule has 5 nitrogen and oxygen atoms in total. The molecule has 2 aliphatic rings. The number of amides is 2. The van der Waals surface area contributed by atoms with Crippen molar-refractivity contribution in [3.8, 4) is 5.75 Å². The zero-order valence-electron chi connectivity index (χ0n) is 15.3. The van der Waals surface area contributed by atoms with Crippen molar-refractivity contribution >= 4 is 28.8 Å². The molecule has 2 aromatic rings. The van der Waals surface area contributed by atoms with Crippen LogP contribution in [0.25, 0.3) is 0 Å². The highest BCUT2D eigenvalue weighted by molar-refractivity contribution is 7.10. The quantitative estimate of drug-likeness (QED) is 0.867. The van der Waals surface area contributed by atoms with Crippen LogP contribution in [0.15, 0.2) is 35.7 Å². The number of carbonyl (C=O) groups is 2. The third-order valence-electron chi connectivity index (χ3n) is 5.29. The Morgan fingerprint density at radius 1 is 1.22 bits per heavy atom. The van der Waals surface area contributed by atoms with E-state index in [4.69, 9.17) is 4.74 Å². The van der Waals surface area contributed by atoms with Crippen molar-refractivity contribution in [3.63, 3.8) is 0 Å². The Morgan fingerprint density at radius 2 is 2.07 bits per heavy atom. The molecule has 1 aromatic carbocycles. The largest absolute Gasteiger partial charge is 0.483 e. The van der Waals surface area contributed by atoms with E-state index in [-0.39, 0.29) is 18.4 Å². The van der Waals surface area contributed by atoms with Crippen molar-refractivity contribution in [3.05, 3.63) is 46.2 Å². The first-order valence-electron chi connectivity index (χ1n) is 9.56. The number of nitrogens with one attached hydrogen (secondary N) is 1. The predicted octanol–water partition coefficient (Wildman–Crippen LogP) is 3.98. The molecule has 0 saturated heterocycles. The second kappa shape index (κ2) is 8.13. The van der Waals surface area contributed by atoms with Crippen LogP contribution in [0.5, 0.6) is 5.75 Å². The number of nitrogens with zero attached hydrogens (tertiary/aromatic N) is 1. The number of benzene rings is 1. The van der Waals surface area contributed by atoms with Gasteiger partial charge in [0.2, 0.25) is 5.91 Å². The van der Waals surface area contributed by atoms with Gasteiger partial charge in [-0.3, -0.25) is 9.59 Å². The van der Waals surface area contributed by atoms with Crippen LogP contribution in [-0.4, -0.2) is 29.4 Å². The molecule has 2 amide bonds. The molecule has 1 aliphatic heterocycles. The minimum absolute atomic E-state index is 0.0350. The van der Waals surface area contributed by atoms with Crippen molar-refractivity contribution < 1.29 is 14.3 Å². The van der Waals surface area contributed by atoms with E-state index in [1.165, 1.54) is 19.3 Å². The normalized spacial score (nSPS) is 17.8. The van der Waals surface area contributed by atoms with E-state index in [1.54, 1.807) is 11.3 Å². The average molecular weight is 385 g/mol. The Bertz CT molecular complexity index is 813. The van der Waals surface area contributed by atoms with E-state index in [0.717, 1.165) is 34.7 Å². The van der Waals surface area contributed by atoms with Gasteiger partial charge in [-0.05, 0) is 42.5 Å².